The number of amides is 2. The van der Waals surface area contributed by atoms with Gasteiger partial charge in [0.25, 0.3) is 0 Å². The number of halogens is 1. The minimum absolute atomic E-state index is 0.158. The lowest BCUT2D eigenvalue weighted by atomic mass is 10.0. The first kappa shape index (κ1) is 18.5. The van der Waals surface area contributed by atoms with Crippen LogP contribution in [0.15, 0.2) is 48.5 Å². The maximum absolute atomic E-state index is 12.4. The van der Waals surface area contributed by atoms with Gasteiger partial charge in [0.15, 0.2) is 0 Å². The topological polar surface area (TPSA) is 58.2 Å². The average Bonchev–Trinajstić information content (AvgIpc) is 3.45. The molecule has 2 aromatic rings. The van der Waals surface area contributed by atoms with Gasteiger partial charge in [-0.15, -0.1) is 0 Å². The Morgan fingerprint density at radius 3 is 2.04 bits per heavy atom. The van der Waals surface area contributed by atoms with Crippen molar-refractivity contribution in [2.75, 3.05) is 5.32 Å². The highest BCUT2D eigenvalue weighted by molar-refractivity contribution is 6.39. The van der Waals surface area contributed by atoms with Crippen molar-refractivity contribution in [3.8, 4) is 0 Å². The second kappa shape index (κ2) is 7.92. The Morgan fingerprint density at radius 2 is 1.50 bits per heavy atom. The summed E-state index contributed by atoms with van der Waals surface area (Å²) in [5, 5.41) is 6.18. The molecule has 1 unspecified atom stereocenters. The molecule has 0 radical (unpaired) electrons. The molecule has 5 heteroatoms. The Labute approximate surface area is 158 Å². The van der Waals surface area contributed by atoms with Crippen LogP contribution < -0.4 is 10.6 Å². The van der Waals surface area contributed by atoms with Crippen molar-refractivity contribution in [2.24, 2.45) is 5.92 Å². The van der Waals surface area contributed by atoms with E-state index in [9.17, 15) is 9.59 Å². The molecule has 26 heavy (non-hydrogen) atoms. The fraction of sp³-hybridized carbons (Fsp3) is 0.333. The second-order valence-corrected chi connectivity index (χ2v) is 7.51. The Hall–Kier alpha value is -2.33. The number of rotatable bonds is 5. The number of carbonyl (C=O) groups excluding carboxylic acids is 2. The smallest absolute Gasteiger partial charge is 0.313 e. The molecule has 0 heterocycles. The summed E-state index contributed by atoms with van der Waals surface area (Å²) in [6, 6.07) is 14.8. The SMILES string of the molecule is CC(C)c1ccc(NC(=O)C(=O)NC(c2ccc(Cl)cc2)C2CC2)cc1. The van der Waals surface area contributed by atoms with E-state index in [1.165, 1.54) is 5.56 Å². The molecule has 0 bridgehead atoms. The van der Waals surface area contributed by atoms with E-state index in [1.54, 1.807) is 12.1 Å². The number of benzene rings is 2. The molecule has 1 fully saturated rings. The maximum atomic E-state index is 12.4. The molecular weight excluding hydrogens is 348 g/mol. The van der Waals surface area contributed by atoms with Gasteiger partial charge in [0, 0.05) is 10.7 Å². The van der Waals surface area contributed by atoms with Gasteiger partial charge in [-0.2, -0.15) is 0 Å². The maximum Gasteiger partial charge on any atom is 0.313 e. The van der Waals surface area contributed by atoms with Gasteiger partial charge in [-0.3, -0.25) is 9.59 Å². The number of hydrogen-bond donors (Lipinski definition) is 2. The number of nitrogens with one attached hydrogen (secondary N) is 2. The number of carbonyl (C=O) groups is 2. The van der Waals surface area contributed by atoms with Crippen LogP contribution in [0, 0.1) is 5.92 Å². The molecule has 1 aliphatic rings. The van der Waals surface area contributed by atoms with Crippen molar-refractivity contribution >= 4 is 29.1 Å². The lowest BCUT2D eigenvalue weighted by Crippen LogP contribution is -2.38. The molecular formula is C21H23ClN2O2. The molecule has 0 saturated heterocycles. The molecule has 1 aliphatic carbocycles. The Bertz CT molecular complexity index is 781. The van der Waals surface area contributed by atoms with Gasteiger partial charge in [-0.1, -0.05) is 49.7 Å². The molecule has 3 rings (SSSR count). The first-order valence-corrected chi connectivity index (χ1v) is 9.29. The summed E-state index contributed by atoms with van der Waals surface area (Å²) in [7, 11) is 0. The Morgan fingerprint density at radius 1 is 0.923 bits per heavy atom. The Kier molecular flexibility index (Phi) is 5.62. The number of anilines is 1. The van der Waals surface area contributed by atoms with Crippen LogP contribution in [0.4, 0.5) is 5.69 Å². The van der Waals surface area contributed by atoms with Crippen LogP contribution in [-0.4, -0.2) is 11.8 Å². The van der Waals surface area contributed by atoms with Crippen molar-refractivity contribution in [2.45, 2.75) is 38.6 Å². The number of hydrogen-bond acceptors (Lipinski definition) is 2. The molecule has 136 valence electrons. The van der Waals surface area contributed by atoms with E-state index >= 15 is 0 Å². The summed E-state index contributed by atoms with van der Waals surface area (Å²) in [6.07, 6.45) is 2.09. The highest BCUT2D eigenvalue weighted by Crippen LogP contribution is 2.41. The summed E-state index contributed by atoms with van der Waals surface area (Å²) in [4.78, 5) is 24.6. The van der Waals surface area contributed by atoms with Gasteiger partial charge < -0.3 is 10.6 Å². The molecule has 2 N–H and O–H groups in total. The van der Waals surface area contributed by atoms with Crippen molar-refractivity contribution in [3.05, 3.63) is 64.7 Å². The fourth-order valence-corrected chi connectivity index (χ4v) is 3.05. The Balaban J connectivity index is 1.63. The van der Waals surface area contributed by atoms with Crippen LogP contribution in [0.2, 0.25) is 5.02 Å². The van der Waals surface area contributed by atoms with Gasteiger partial charge in [-0.25, -0.2) is 0 Å². The van der Waals surface area contributed by atoms with Crippen LogP contribution in [0.3, 0.4) is 0 Å². The second-order valence-electron chi connectivity index (χ2n) is 7.07. The summed E-state index contributed by atoms with van der Waals surface area (Å²) in [6.45, 7) is 4.21. The summed E-state index contributed by atoms with van der Waals surface area (Å²) < 4.78 is 0. The zero-order chi connectivity index (χ0) is 18.7. The molecule has 0 spiro atoms. The van der Waals surface area contributed by atoms with Crippen molar-refractivity contribution in [3.63, 3.8) is 0 Å². The largest absolute Gasteiger partial charge is 0.341 e. The van der Waals surface area contributed by atoms with Gasteiger partial charge in [0.05, 0.1) is 6.04 Å². The molecule has 2 amide bonds. The third kappa shape index (κ3) is 4.64. The lowest BCUT2D eigenvalue weighted by Gasteiger charge is -2.18. The molecule has 4 nitrogen and oxygen atoms in total. The van der Waals surface area contributed by atoms with Crippen LogP contribution in [0.25, 0.3) is 0 Å². The first-order chi connectivity index (χ1) is 12.4. The van der Waals surface area contributed by atoms with E-state index in [1.807, 2.05) is 36.4 Å². The molecule has 0 aliphatic heterocycles. The van der Waals surface area contributed by atoms with Gasteiger partial charge >= 0.3 is 11.8 Å². The fourth-order valence-electron chi connectivity index (χ4n) is 2.92. The third-order valence-corrected chi connectivity index (χ3v) is 4.90. The van der Waals surface area contributed by atoms with Crippen LogP contribution in [0.5, 0.6) is 0 Å². The molecule has 1 saturated carbocycles. The highest BCUT2D eigenvalue weighted by Gasteiger charge is 2.34. The van der Waals surface area contributed by atoms with Gasteiger partial charge in [0.1, 0.15) is 0 Å². The molecule has 1 atom stereocenters. The predicted octanol–water partition coefficient (Wildman–Crippen LogP) is 4.67. The van der Waals surface area contributed by atoms with Crippen molar-refractivity contribution < 1.29 is 9.59 Å². The van der Waals surface area contributed by atoms with E-state index in [2.05, 4.69) is 24.5 Å². The molecule has 2 aromatic carbocycles. The van der Waals surface area contributed by atoms with Crippen LogP contribution in [0.1, 0.15) is 49.8 Å². The van der Waals surface area contributed by atoms with Crippen LogP contribution in [-0.2, 0) is 9.59 Å². The zero-order valence-electron chi connectivity index (χ0n) is 15.0. The van der Waals surface area contributed by atoms with E-state index in [0.29, 0.717) is 22.5 Å². The summed E-state index contributed by atoms with van der Waals surface area (Å²) in [5.74, 6) is -0.480. The predicted molar refractivity (Wildman–Crippen MR) is 104 cm³/mol. The minimum Gasteiger partial charge on any atom is -0.341 e. The standard InChI is InChI=1S/C21H23ClN2O2/c1-13(2)14-7-11-18(12-8-14)23-20(25)21(26)24-19(15-3-4-15)16-5-9-17(22)10-6-16/h5-13,15,19H,3-4H2,1-2H3,(H,23,25)(H,24,26). The first-order valence-electron chi connectivity index (χ1n) is 8.91. The van der Waals surface area contributed by atoms with E-state index in [0.717, 1.165) is 18.4 Å². The van der Waals surface area contributed by atoms with E-state index < -0.39 is 11.8 Å². The van der Waals surface area contributed by atoms with Gasteiger partial charge in [0.2, 0.25) is 0 Å². The van der Waals surface area contributed by atoms with E-state index in [-0.39, 0.29) is 6.04 Å². The van der Waals surface area contributed by atoms with Crippen LogP contribution >= 0.6 is 11.6 Å². The summed E-state index contributed by atoms with van der Waals surface area (Å²) >= 11 is 5.94. The summed E-state index contributed by atoms with van der Waals surface area (Å²) in [5.41, 5.74) is 2.77. The van der Waals surface area contributed by atoms with Crippen molar-refractivity contribution in [1.82, 2.24) is 5.32 Å². The van der Waals surface area contributed by atoms with Gasteiger partial charge in [-0.05, 0) is 60.1 Å². The normalized spacial score (nSPS) is 14.8. The lowest BCUT2D eigenvalue weighted by molar-refractivity contribution is -0.136. The van der Waals surface area contributed by atoms with E-state index in [4.69, 9.17) is 11.6 Å². The minimum atomic E-state index is -0.651. The van der Waals surface area contributed by atoms with Crippen molar-refractivity contribution in [1.29, 1.82) is 0 Å². The monoisotopic (exact) mass is 370 g/mol. The zero-order valence-corrected chi connectivity index (χ0v) is 15.7. The average molecular weight is 371 g/mol. The third-order valence-electron chi connectivity index (χ3n) is 4.65. The highest BCUT2D eigenvalue weighted by atomic mass is 35.5. The quantitative estimate of drug-likeness (QED) is 0.751. The molecule has 0 aromatic heterocycles.